The maximum atomic E-state index is 4.40. The predicted octanol–water partition coefficient (Wildman–Crippen LogP) is 6.87. The topological polar surface area (TPSA) is 25.8 Å². The standard InChI is InChI=1S/C23H17BrN2S/c24-21-12-6-17(7-13-21)16-27-23-15-14-22(25-26-23)20-10-8-19(9-11-20)18-4-2-1-3-5-18/h1-15H,16H2. The first-order valence-corrected chi connectivity index (χ1v) is 10.4. The summed E-state index contributed by atoms with van der Waals surface area (Å²) in [5.74, 6) is 0.882. The average Bonchev–Trinajstić information content (AvgIpc) is 2.75. The summed E-state index contributed by atoms with van der Waals surface area (Å²) in [4.78, 5) is 0. The Bertz CT molecular complexity index is 999. The largest absolute Gasteiger partial charge is 0.149 e. The molecular formula is C23H17BrN2S. The van der Waals surface area contributed by atoms with Gasteiger partial charge in [-0.05, 0) is 41.0 Å². The normalized spacial score (nSPS) is 10.7. The molecule has 0 radical (unpaired) electrons. The van der Waals surface area contributed by atoms with Gasteiger partial charge in [-0.2, -0.15) is 0 Å². The Morgan fingerprint density at radius 1 is 0.630 bits per heavy atom. The van der Waals surface area contributed by atoms with E-state index in [1.165, 1.54) is 16.7 Å². The molecule has 2 nitrogen and oxygen atoms in total. The molecule has 0 unspecified atom stereocenters. The molecular weight excluding hydrogens is 416 g/mol. The van der Waals surface area contributed by atoms with Gasteiger partial charge in [0, 0.05) is 15.8 Å². The average molecular weight is 433 g/mol. The highest BCUT2D eigenvalue weighted by Gasteiger charge is 2.04. The van der Waals surface area contributed by atoms with Gasteiger partial charge in [0.05, 0.1) is 5.69 Å². The Balaban J connectivity index is 1.43. The number of thioether (sulfide) groups is 1. The molecule has 0 spiro atoms. The monoisotopic (exact) mass is 432 g/mol. The summed E-state index contributed by atoms with van der Waals surface area (Å²) in [5, 5.41) is 9.70. The van der Waals surface area contributed by atoms with Crippen molar-refractivity contribution in [2.45, 2.75) is 10.8 Å². The Hall–Kier alpha value is -2.43. The van der Waals surface area contributed by atoms with Crippen LogP contribution in [0.3, 0.4) is 0 Å². The van der Waals surface area contributed by atoms with Crippen molar-refractivity contribution in [3.63, 3.8) is 0 Å². The Morgan fingerprint density at radius 2 is 1.30 bits per heavy atom. The van der Waals surface area contributed by atoms with E-state index < -0.39 is 0 Å². The van der Waals surface area contributed by atoms with Crippen LogP contribution in [0.15, 0.2) is 100 Å². The molecule has 0 saturated carbocycles. The molecule has 0 atom stereocenters. The van der Waals surface area contributed by atoms with Crippen LogP contribution in [0.2, 0.25) is 0 Å². The van der Waals surface area contributed by atoms with Crippen LogP contribution >= 0.6 is 27.7 Å². The number of halogens is 1. The van der Waals surface area contributed by atoms with E-state index in [-0.39, 0.29) is 0 Å². The van der Waals surface area contributed by atoms with Crippen LogP contribution in [0.25, 0.3) is 22.4 Å². The second kappa shape index (κ2) is 8.51. The molecule has 4 heteroatoms. The quantitative estimate of drug-likeness (QED) is 0.322. The lowest BCUT2D eigenvalue weighted by atomic mass is 10.0. The van der Waals surface area contributed by atoms with Gasteiger partial charge in [-0.3, -0.25) is 0 Å². The minimum atomic E-state index is 0.882. The first-order valence-electron chi connectivity index (χ1n) is 8.65. The Labute approximate surface area is 171 Å². The molecule has 0 bridgehead atoms. The molecule has 132 valence electrons. The smallest absolute Gasteiger partial charge is 0.119 e. The predicted molar refractivity (Wildman–Crippen MR) is 117 cm³/mol. The summed E-state index contributed by atoms with van der Waals surface area (Å²) in [5.41, 5.74) is 5.66. The van der Waals surface area contributed by atoms with Crippen LogP contribution in [-0.4, -0.2) is 10.2 Å². The van der Waals surface area contributed by atoms with Gasteiger partial charge in [-0.1, -0.05) is 94.4 Å². The number of benzene rings is 3. The van der Waals surface area contributed by atoms with E-state index >= 15 is 0 Å². The van der Waals surface area contributed by atoms with E-state index in [4.69, 9.17) is 0 Å². The molecule has 3 aromatic carbocycles. The van der Waals surface area contributed by atoms with Crippen LogP contribution in [0.1, 0.15) is 5.56 Å². The first kappa shape index (κ1) is 18.0. The third-order valence-electron chi connectivity index (χ3n) is 4.23. The Kier molecular flexibility index (Phi) is 5.66. The van der Waals surface area contributed by atoms with Gasteiger partial charge >= 0.3 is 0 Å². The molecule has 0 fully saturated rings. The number of hydrogen-bond donors (Lipinski definition) is 0. The third-order valence-corrected chi connectivity index (χ3v) is 5.75. The minimum absolute atomic E-state index is 0.882. The van der Waals surface area contributed by atoms with Crippen molar-refractivity contribution in [3.8, 4) is 22.4 Å². The van der Waals surface area contributed by atoms with E-state index in [1.54, 1.807) is 11.8 Å². The van der Waals surface area contributed by atoms with Gasteiger partial charge < -0.3 is 0 Å². The molecule has 1 aromatic heterocycles. The fourth-order valence-corrected chi connectivity index (χ4v) is 3.79. The SMILES string of the molecule is Brc1ccc(CSc2ccc(-c3ccc(-c4ccccc4)cc3)nn2)cc1. The van der Waals surface area contributed by atoms with Crippen molar-refractivity contribution in [2.24, 2.45) is 0 Å². The summed E-state index contributed by atoms with van der Waals surface area (Å²) in [6, 6.07) is 31.3. The zero-order valence-electron chi connectivity index (χ0n) is 14.5. The molecule has 4 rings (SSSR count). The molecule has 0 aliphatic heterocycles. The van der Waals surface area contributed by atoms with Crippen LogP contribution in [0, 0.1) is 0 Å². The maximum Gasteiger partial charge on any atom is 0.119 e. The van der Waals surface area contributed by atoms with Gasteiger partial charge in [0.15, 0.2) is 0 Å². The lowest BCUT2D eigenvalue weighted by molar-refractivity contribution is 0.935. The molecule has 1 heterocycles. The number of aromatic nitrogens is 2. The highest BCUT2D eigenvalue weighted by molar-refractivity contribution is 9.10. The van der Waals surface area contributed by atoms with Crippen molar-refractivity contribution in [1.82, 2.24) is 10.2 Å². The van der Waals surface area contributed by atoms with Crippen LogP contribution in [-0.2, 0) is 5.75 Å². The summed E-state index contributed by atoms with van der Waals surface area (Å²) in [6.07, 6.45) is 0. The minimum Gasteiger partial charge on any atom is -0.149 e. The van der Waals surface area contributed by atoms with E-state index in [0.717, 1.165) is 26.5 Å². The van der Waals surface area contributed by atoms with Crippen molar-refractivity contribution in [2.75, 3.05) is 0 Å². The van der Waals surface area contributed by atoms with Crippen LogP contribution in [0.5, 0.6) is 0 Å². The van der Waals surface area contributed by atoms with Crippen LogP contribution in [0.4, 0.5) is 0 Å². The zero-order valence-corrected chi connectivity index (χ0v) is 17.0. The summed E-state index contributed by atoms with van der Waals surface area (Å²) in [6.45, 7) is 0. The van der Waals surface area contributed by atoms with Gasteiger partial charge in [-0.25, -0.2) is 0 Å². The van der Waals surface area contributed by atoms with Gasteiger partial charge in [0.1, 0.15) is 5.03 Å². The highest BCUT2D eigenvalue weighted by Crippen LogP contribution is 2.26. The summed E-state index contributed by atoms with van der Waals surface area (Å²) < 4.78 is 1.10. The van der Waals surface area contributed by atoms with Gasteiger partial charge in [0.2, 0.25) is 0 Å². The molecule has 0 aliphatic rings. The van der Waals surface area contributed by atoms with Crippen molar-refractivity contribution < 1.29 is 0 Å². The number of rotatable bonds is 5. The first-order chi connectivity index (χ1) is 13.3. The zero-order chi connectivity index (χ0) is 18.5. The summed E-state index contributed by atoms with van der Waals surface area (Å²) in [7, 11) is 0. The third kappa shape index (κ3) is 4.65. The number of hydrogen-bond acceptors (Lipinski definition) is 3. The van der Waals surface area contributed by atoms with Gasteiger partial charge in [-0.15, -0.1) is 10.2 Å². The molecule has 0 N–H and O–H groups in total. The van der Waals surface area contributed by atoms with E-state index in [1.807, 2.05) is 18.2 Å². The lowest BCUT2D eigenvalue weighted by Gasteiger charge is -2.05. The maximum absolute atomic E-state index is 4.40. The van der Waals surface area contributed by atoms with Crippen molar-refractivity contribution in [1.29, 1.82) is 0 Å². The second-order valence-electron chi connectivity index (χ2n) is 6.12. The second-order valence-corrected chi connectivity index (χ2v) is 8.03. The van der Waals surface area contributed by atoms with Gasteiger partial charge in [0.25, 0.3) is 0 Å². The molecule has 0 aliphatic carbocycles. The molecule has 0 amide bonds. The lowest BCUT2D eigenvalue weighted by Crippen LogP contribution is -1.90. The molecule has 4 aromatic rings. The number of nitrogens with zero attached hydrogens (tertiary/aromatic N) is 2. The van der Waals surface area contributed by atoms with E-state index in [2.05, 4.69) is 98.9 Å². The summed E-state index contributed by atoms with van der Waals surface area (Å²) >= 11 is 5.15. The van der Waals surface area contributed by atoms with Crippen LogP contribution < -0.4 is 0 Å². The molecule has 27 heavy (non-hydrogen) atoms. The molecule has 0 saturated heterocycles. The highest BCUT2D eigenvalue weighted by atomic mass is 79.9. The van der Waals surface area contributed by atoms with E-state index in [9.17, 15) is 0 Å². The van der Waals surface area contributed by atoms with Crippen molar-refractivity contribution >= 4 is 27.7 Å². The fourth-order valence-electron chi connectivity index (χ4n) is 2.75. The van der Waals surface area contributed by atoms with Crippen molar-refractivity contribution in [3.05, 3.63) is 101 Å². The Morgan fingerprint density at radius 3 is 1.96 bits per heavy atom. The fraction of sp³-hybridized carbons (Fsp3) is 0.0435. The van der Waals surface area contributed by atoms with E-state index in [0.29, 0.717) is 0 Å².